The summed E-state index contributed by atoms with van der Waals surface area (Å²) >= 11 is 0. The van der Waals surface area contributed by atoms with Crippen LogP contribution in [0.2, 0.25) is 0 Å². The van der Waals surface area contributed by atoms with E-state index < -0.39 is 125 Å². The molecule has 10 atom stereocenters. The number of hydrogen-bond donors (Lipinski definition) is 8. The second-order valence-electron chi connectivity index (χ2n) is 23.3. The minimum Gasteiger partial charge on any atom is -0.508 e. The Hall–Kier alpha value is -8.66. The Morgan fingerprint density at radius 1 is 0.453 bits per heavy atom. The van der Waals surface area contributed by atoms with Gasteiger partial charge in [-0.05, 0) is 105 Å². The van der Waals surface area contributed by atoms with Crippen LogP contribution in [0.15, 0.2) is 115 Å². The molecule has 4 aliphatic rings. The van der Waals surface area contributed by atoms with E-state index >= 15 is 0 Å². The number of carbonyl (C=O) groups is 10. The normalized spacial score (nSPS) is 20.5. The van der Waals surface area contributed by atoms with Crippen molar-refractivity contribution in [3.8, 4) is 5.75 Å². The van der Waals surface area contributed by atoms with Crippen molar-refractivity contribution >= 4 is 59.1 Å². The molecule has 4 fully saturated rings. The largest absolute Gasteiger partial charge is 0.508 e. The number of carboxylic acid groups (broad SMARTS) is 1. The number of rotatable bonds is 24. The Kier molecular flexibility index (Phi) is 21.7. The van der Waals surface area contributed by atoms with Crippen molar-refractivity contribution < 1.29 is 58.2 Å². The highest BCUT2D eigenvalue weighted by molar-refractivity contribution is 5.99. The lowest BCUT2D eigenvalue weighted by molar-refractivity contribution is -0.149. The first-order valence-corrected chi connectivity index (χ1v) is 29.9. The average molecular weight is 1180 g/mol. The highest BCUT2D eigenvalue weighted by Crippen LogP contribution is 2.29. The molecule has 4 aliphatic heterocycles. The van der Waals surface area contributed by atoms with E-state index in [2.05, 4.69) is 26.6 Å². The number of phenolic OH excluding ortho intramolecular Hbond substituents is 1. The Balaban J connectivity index is 0.974. The van der Waals surface area contributed by atoms with Crippen LogP contribution in [-0.2, 0) is 73.6 Å². The third-order valence-electron chi connectivity index (χ3n) is 16.7. The Morgan fingerprint density at radius 3 is 1.31 bits per heavy atom. The number of nitrogens with zero attached hydrogens (tertiary/aromatic N) is 4. The first-order valence-electron chi connectivity index (χ1n) is 29.9. The summed E-state index contributed by atoms with van der Waals surface area (Å²) in [6.45, 7) is 5.67. The molecule has 0 aromatic heterocycles. The molecule has 86 heavy (non-hydrogen) atoms. The van der Waals surface area contributed by atoms with Crippen LogP contribution >= 0.6 is 0 Å². The van der Waals surface area contributed by atoms with Crippen LogP contribution in [0.4, 0.5) is 0 Å². The van der Waals surface area contributed by atoms with Crippen molar-refractivity contribution in [1.82, 2.24) is 46.2 Å². The van der Waals surface area contributed by atoms with E-state index in [0.717, 1.165) is 5.56 Å². The summed E-state index contributed by atoms with van der Waals surface area (Å²) in [6, 6.07) is 22.5. The molecule has 0 aliphatic carbocycles. The average Bonchev–Trinajstić information content (AvgIpc) is 4.51. The zero-order valence-corrected chi connectivity index (χ0v) is 49.0. The van der Waals surface area contributed by atoms with Crippen molar-refractivity contribution in [1.29, 1.82) is 0 Å². The first kappa shape index (κ1) is 63.4. The second kappa shape index (κ2) is 29.4. The number of benzene rings is 4. The maximum absolute atomic E-state index is 14.9. The summed E-state index contributed by atoms with van der Waals surface area (Å²) < 4.78 is 0. The van der Waals surface area contributed by atoms with E-state index in [4.69, 9.17) is 5.73 Å². The molecule has 9 amide bonds. The number of carboxylic acids is 1. The van der Waals surface area contributed by atoms with Gasteiger partial charge in [0.05, 0.1) is 6.04 Å². The maximum atomic E-state index is 14.9. The molecule has 0 unspecified atom stereocenters. The number of hydrogen-bond acceptors (Lipinski definition) is 12. The van der Waals surface area contributed by atoms with Gasteiger partial charge in [0.15, 0.2) is 0 Å². The number of aliphatic carboxylic acids is 1. The van der Waals surface area contributed by atoms with Gasteiger partial charge in [-0.2, -0.15) is 0 Å². The molecule has 0 radical (unpaired) electrons. The predicted molar refractivity (Wildman–Crippen MR) is 317 cm³/mol. The van der Waals surface area contributed by atoms with Crippen LogP contribution < -0.4 is 32.3 Å². The number of nitrogens with one attached hydrogen (secondary N) is 5. The van der Waals surface area contributed by atoms with Gasteiger partial charge in [0, 0.05) is 45.4 Å². The number of carbonyl (C=O) groups excluding carboxylic acids is 9. The fourth-order valence-electron chi connectivity index (χ4n) is 12.0. The Labute approximate surface area is 501 Å². The molecule has 8 rings (SSSR count). The van der Waals surface area contributed by atoms with Gasteiger partial charge in [-0.3, -0.25) is 47.9 Å². The zero-order chi connectivity index (χ0) is 61.6. The van der Waals surface area contributed by atoms with E-state index in [0.29, 0.717) is 61.6 Å². The minimum atomic E-state index is -1.29. The molecule has 4 aromatic carbocycles. The molecule has 458 valence electrons. The molecular formula is C64H80N10O12. The highest BCUT2D eigenvalue weighted by Gasteiger charge is 2.47. The summed E-state index contributed by atoms with van der Waals surface area (Å²) in [7, 11) is 0. The van der Waals surface area contributed by atoms with Gasteiger partial charge in [-0.15, -0.1) is 0 Å². The maximum Gasteiger partial charge on any atom is 0.325 e. The highest BCUT2D eigenvalue weighted by atomic mass is 16.4. The van der Waals surface area contributed by atoms with Gasteiger partial charge in [0.1, 0.15) is 60.1 Å². The quantitative estimate of drug-likeness (QED) is 0.0500. The smallest absolute Gasteiger partial charge is 0.325 e. The predicted octanol–water partition coefficient (Wildman–Crippen LogP) is 2.14. The fraction of sp³-hybridized carbons (Fsp3) is 0.469. The number of amides is 9. The summed E-state index contributed by atoms with van der Waals surface area (Å²) in [5.41, 5.74) is 9.22. The third-order valence-corrected chi connectivity index (χ3v) is 16.7. The van der Waals surface area contributed by atoms with Crippen LogP contribution in [-0.4, -0.2) is 176 Å². The van der Waals surface area contributed by atoms with Gasteiger partial charge >= 0.3 is 5.97 Å². The van der Waals surface area contributed by atoms with Crippen LogP contribution in [0.5, 0.6) is 5.75 Å². The van der Waals surface area contributed by atoms with Crippen molar-refractivity contribution in [2.75, 3.05) is 26.2 Å². The van der Waals surface area contributed by atoms with Gasteiger partial charge in [-0.25, -0.2) is 0 Å². The van der Waals surface area contributed by atoms with E-state index in [9.17, 15) is 58.2 Å². The summed E-state index contributed by atoms with van der Waals surface area (Å²) in [4.78, 5) is 147. The number of nitrogens with two attached hydrogens (primary N) is 1. The van der Waals surface area contributed by atoms with Crippen LogP contribution in [0.25, 0.3) is 0 Å². The van der Waals surface area contributed by atoms with Gasteiger partial charge < -0.3 is 62.1 Å². The lowest BCUT2D eigenvalue weighted by Gasteiger charge is -2.34. The molecule has 4 aromatic rings. The lowest BCUT2D eigenvalue weighted by atomic mass is 9.99. The van der Waals surface area contributed by atoms with Crippen LogP contribution in [0.1, 0.15) is 94.4 Å². The molecule has 0 spiro atoms. The summed E-state index contributed by atoms with van der Waals surface area (Å²) in [6.07, 6.45) is 3.30. The molecule has 22 nitrogen and oxygen atoms in total. The lowest BCUT2D eigenvalue weighted by Crippen LogP contribution is -2.61. The monoisotopic (exact) mass is 1180 g/mol. The van der Waals surface area contributed by atoms with Crippen LogP contribution in [0, 0.1) is 5.92 Å². The molecule has 0 bridgehead atoms. The molecule has 9 N–H and O–H groups in total. The molecule has 4 heterocycles. The van der Waals surface area contributed by atoms with Gasteiger partial charge in [-0.1, -0.05) is 117 Å². The van der Waals surface area contributed by atoms with E-state index in [1.807, 2.05) is 30.3 Å². The Morgan fingerprint density at radius 2 is 0.837 bits per heavy atom. The molecule has 0 saturated carbocycles. The van der Waals surface area contributed by atoms with E-state index in [1.165, 1.54) is 38.7 Å². The Bertz CT molecular complexity index is 3060. The van der Waals surface area contributed by atoms with Crippen molar-refractivity contribution in [3.63, 3.8) is 0 Å². The van der Waals surface area contributed by atoms with Crippen molar-refractivity contribution in [2.45, 2.75) is 158 Å². The zero-order valence-electron chi connectivity index (χ0n) is 49.0. The van der Waals surface area contributed by atoms with Crippen molar-refractivity contribution in [2.24, 2.45) is 11.7 Å². The SMILES string of the molecule is CC(C)[C@H](NC(=O)[C@H](Cc1ccccc1)NC(=O)[C@H](Cc1ccccc1)NC(=O)[C@@H]1CCCN1C(=O)[C@@H]1CCCN1C(=O)[C@H](Cc1ccc(O)cc1)NC(=O)[C@@H](N)Cc1ccccc1)C(=O)N1CCC[C@H]1C(=O)N1CCC[C@H]1C(=O)N[C@@H](C)C(=O)O. The minimum absolute atomic E-state index is 0.0115. The topological polar surface area (TPSA) is 310 Å². The molecule has 4 saturated heterocycles. The summed E-state index contributed by atoms with van der Waals surface area (Å²) in [5.74, 6) is -6.82. The van der Waals surface area contributed by atoms with Crippen LogP contribution in [0.3, 0.4) is 0 Å². The molecule has 22 heteroatoms. The van der Waals surface area contributed by atoms with Crippen molar-refractivity contribution in [3.05, 3.63) is 138 Å². The first-order chi connectivity index (χ1) is 41.3. The summed E-state index contributed by atoms with van der Waals surface area (Å²) in [5, 5.41) is 33.4. The number of aromatic hydroxyl groups is 1. The van der Waals surface area contributed by atoms with Gasteiger partial charge in [0.25, 0.3) is 0 Å². The van der Waals surface area contributed by atoms with E-state index in [-0.39, 0.29) is 64.0 Å². The van der Waals surface area contributed by atoms with Gasteiger partial charge in [0.2, 0.25) is 53.2 Å². The standard InChI is InChI=1S/C64H80N10O12/c1-39(2)54(63(84)74-34-16-26-53(74)62(83)71-31-13-23-50(71)58(79)66-40(3)64(85)86)70-57(78)48(37-43-21-11-6-12-22-43)67-56(77)47(36-42-19-9-5-10-20-42)68-59(80)51-24-14-32-72(51)61(82)52-25-15-33-73(52)60(81)49(38-44-27-29-45(75)30-28-44)69-55(76)46(65)35-41-17-7-4-8-18-41/h4-12,17-22,27-30,39-40,46-54,75H,13-16,23-26,31-38,65H2,1-3H3,(H,66,79)(H,67,77)(H,68,80)(H,69,76)(H,70,78)(H,85,86)/t40-,46-,47-,48-,49-,50-,51-,52-,53-,54-/m0/s1. The van der Waals surface area contributed by atoms with E-state index in [1.54, 1.807) is 86.6 Å². The number of phenols is 1. The fourth-order valence-corrected chi connectivity index (χ4v) is 12.0. The third kappa shape index (κ3) is 16.0. The second-order valence-corrected chi connectivity index (χ2v) is 23.3. The number of likely N-dealkylation sites (tertiary alicyclic amines) is 4. The molecular weight excluding hydrogens is 1100 g/mol.